The number of carbonyl (C=O) groups is 2. The number of amidine groups is 1. The monoisotopic (exact) mass is 408 g/mol. The minimum absolute atomic E-state index is 0. The molecule has 3 aromatic rings. The van der Waals surface area contributed by atoms with Gasteiger partial charge in [-0.15, -0.1) is 12.4 Å². The van der Waals surface area contributed by atoms with E-state index in [-0.39, 0.29) is 30.1 Å². The second-order valence-corrected chi connectivity index (χ2v) is 6.19. The molecule has 0 saturated heterocycles. The number of hydrogen-bond donors (Lipinski definition) is 4. The van der Waals surface area contributed by atoms with Crippen LogP contribution < -0.4 is 16.4 Å². The number of rotatable bonds is 6. The van der Waals surface area contributed by atoms with Crippen molar-refractivity contribution in [2.24, 2.45) is 5.73 Å². The van der Waals surface area contributed by atoms with E-state index < -0.39 is 0 Å². The standard InChI is InChI=1S/C22H20N4O2.ClH/c23-20(24)17-7-4-8-18(13-17)21(27)25-14-15-9-11-19(12-10-15)26-22(28)16-5-2-1-3-6-16;/h1-13H,14H2,(H3,23,24)(H,25,27)(H,26,28);1H. The zero-order chi connectivity index (χ0) is 19.9. The Labute approximate surface area is 175 Å². The normalized spacial score (nSPS) is 9.79. The summed E-state index contributed by atoms with van der Waals surface area (Å²) in [4.78, 5) is 24.4. The lowest BCUT2D eigenvalue weighted by Crippen LogP contribution is -2.23. The van der Waals surface area contributed by atoms with Gasteiger partial charge < -0.3 is 16.4 Å². The molecule has 0 aromatic heterocycles. The lowest BCUT2D eigenvalue weighted by molar-refractivity contribution is 0.0950. The number of nitrogens with one attached hydrogen (secondary N) is 3. The molecule has 29 heavy (non-hydrogen) atoms. The first-order chi connectivity index (χ1) is 13.5. The van der Waals surface area contributed by atoms with Crippen LogP contribution in [0.15, 0.2) is 78.9 Å². The number of carbonyl (C=O) groups excluding carboxylic acids is 2. The summed E-state index contributed by atoms with van der Waals surface area (Å²) in [5.74, 6) is -0.501. The van der Waals surface area contributed by atoms with Crippen LogP contribution in [0.2, 0.25) is 0 Å². The van der Waals surface area contributed by atoms with Crippen LogP contribution in [0, 0.1) is 5.41 Å². The summed E-state index contributed by atoms with van der Waals surface area (Å²) in [7, 11) is 0. The quantitative estimate of drug-likeness (QED) is 0.369. The van der Waals surface area contributed by atoms with E-state index in [2.05, 4.69) is 10.6 Å². The molecule has 6 nitrogen and oxygen atoms in total. The van der Waals surface area contributed by atoms with Gasteiger partial charge in [0.2, 0.25) is 0 Å². The Balaban J connectivity index is 0.00000300. The largest absolute Gasteiger partial charge is 0.384 e. The first-order valence-corrected chi connectivity index (χ1v) is 8.71. The minimum Gasteiger partial charge on any atom is -0.384 e. The minimum atomic E-state index is -0.246. The summed E-state index contributed by atoms with van der Waals surface area (Å²) in [6.45, 7) is 0.343. The van der Waals surface area contributed by atoms with Crippen molar-refractivity contribution in [3.8, 4) is 0 Å². The summed E-state index contributed by atoms with van der Waals surface area (Å²) in [6.07, 6.45) is 0. The highest BCUT2D eigenvalue weighted by Crippen LogP contribution is 2.12. The maximum Gasteiger partial charge on any atom is 0.255 e. The molecule has 0 spiro atoms. The Kier molecular flexibility index (Phi) is 7.51. The van der Waals surface area contributed by atoms with Crippen LogP contribution in [0.5, 0.6) is 0 Å². The highest BCUT2D eigenvalue weighted by atomic mass is 35.5. The summed E-state index contributed by atoms with van der Waals surface area (Å²) < 4.78 is 0. The smallest absolute Gasteiger partial charge is 0.255 e. The molecule has 7 heteroatoms. The highest BCUT2D eigenvalue weighted by Gasteiger charge is 2.08. The van der Waals surface area contributed by atoms with E-state index in [0.29, 0.717) is 28.9 Å². The van der Waals surface area contributed by atoms with Crippen molar-refractivity contribution in [1.29, 1.82) is 5.41 Å². The van der Waals surface area contributed by atoms with Crippen molar-refractivity contribution in [1.82, 2.24) is 5.32 Å². The zero-order valence-electron chi connectivity index (χ0n) is 15.5. The molecule has 5 N–H and O–H groups in total. The summed E-state index contributed by atoms with van der Waals surface area (Å²) in [5, 5.41) is 13.1. The van der Waals surface area contributed by atoms with Gasteiger partial charge in [-0.3, -0.25) is 15.0 Å². The number of halogens is 1. The third-order valence-corrected chi connectivity index (χ3v) is 4.14. The van der Waals surface area contributed by atoms with Crippen LogP contribution in [0.4, 0.5) is 5.69 Å². The molecule has 0 aliphatic heterocycles. The highest BCUT2D eigenvalue weighted by molar-refractivity contribution is 6.04. The second kappa shape index (κ2) is 10.1. The molecule has 0 fully saturated rings. The Morgan fingerprint density at radius 3 is 2.07 bits per heavy atom. The average molecular weight is 409 g/mol. The third-order valence-electron chi connectivity index (χ3n) is 4.14. The molecule has 0 radical (unpaired) electrons. The molecule has 0 heterocycles. The maximum atomic E-state index is 12.3. The predicted molar refractivity (Wildman–Crippen MR) is 117 cm³/mol. The predicted octanol–water partition coefficient (Wildman–Crippen LogP) is 3.57. The van der Waals surface area contributed by atoms with Gasteiger partial charge in [-0.2, -0.15) is 0 Å². The van der Waals surface area contributed by atoms with E-state index in [9.17, 15) is 9.59 Å². The first-order valence-electron chi connectivity index (χ1n) is 8.71. The van der Waals surface area contributed by atoms with Crippen LogP contribution in [-0.2, 0) is 6.54 Å². The number of benzene rings is 3. The molecule has 3 aromatic carbocycles. The summed E-state index contributed by atoms with van der Waals surface area (Å²) in [5.41, 5.74) is 8.57. The molecule has 0 saturated carbocycles. The lowest BCUT2D eigenvalue weighted by atomic mass is 10.1. The fourth-order valence-electron chi connectivity index (χ4n) is 2.61. The molecular weight excluding hydrogens is 388 g/mol. The van der Waals surface area contributed by atoms with Crippen LogP contribution in [0.3, 0.4) is 0 Å². The van der Waals surface area contributed by atoms with E-state index in [1.54, 1.807) is 48.5 Å². The Morgan fingerprint density at radius 2 is 1.41 bits per heavy atom. The van der Waals surface area contributed by atoms with Gasteiger partial charge in [-0.05, 0) is 42.0 Å². The number of amides is 2. The van der Waals surface area contributed by atoms with Crippen molar-refractivity contribution in [3.63, 3.8) is 0 Å². The topological polar surface area (TPSA) is 108 Å². The number of anilines is 1. The SMILES string of the molecule is Cl.N=C(N)c1cccc(C(=O)NCc2ccc(NC(=O)c3ccccc3)cc2)c1. The van der Waals surface area contributed by atoms with E-state index in [1.165, 1.54) is 0 Å². The molecule has 0 aliphatic rings. The van der Waals surface area contributed by atoms with Crippen LogP contribution in [0.25, 0.3) is 0 Å². The van der Waals surface area contributed by atoms with Crippen molar-refractivity contribution < 1.29 is 9.59 Å². The lowest BCUT2D eigenvalue weighted by Gasteiger charge is -2.09. The summed E-state index contributed by atoms with van der Waals surface area (Å²) in [6, 6.07) is 22.9. The van der Waals surface area contributed by atoms with Crippen molar-refractivity contribution in [2.75, 3.05) is 5.32 Å². The second-order valence-electron chi connectivity index (χ2n) is 6.19. The number of hydrogen-bond acceptors (Lipinski definition) is 3. The van der Waals surface area contributed by atoms with Gasteiger partial charge in [-0.25, -0.2) is 0 Å². The Morgan fingerprint density at radius 1 is 0.793 bits per heavy atom. The zero-order valence-corrected chi connectivity index (χ0v) is 16.3. The molecular formula is C22H21ClN4O2. The fraction of sp³-hybridized carbons (Fsp3) is 0.0455. The number of nitrogens with two attached hydrogens (primary N) is 1. The molecule has 0 atom stereocenters. The molecule has 0 aliphatic carbocycles. The molecule has 0 unspecified atom stereocenters. The molecule has 0 bridgehead atoms. The fourth-order valence-corrected chi connectivity index (χ4v) is 2.61. The van der Waals surface area contributed by atoms with Gasteiger partial charge in [-0.1, -0.05) is 42.5 Å². The van der Waals surface area contributed by atoms with Crippen LogP contribution in [-0.4, -0.2) is 17.6 Å². The van der Waals surface area contributed by atoms with Gasteiger partial charge in [0.25, 0.3) is 11.8 Å². The van der Waals surface area contributed by atoms with Gasteiger partial charge in [0.15, 0.2) is 0 Å². The van der Waals surface area contributed by atoms with Crippen LogP contribution in [0.1, 0.15) is 31.8 Å². The van der Waals surface area contributed by atoms with Crippen molar-refractivity contribution in [2.45, 2.75) is 6.54 Å². The van der Waals surface area contributed by atoms with Crippen molar-refractivity contribution in [3.05, 3.63) is 101 Å². The average Bonchev–Trinajstić information content (AvgIpc) is 2.73. The van der Waals surface area contributed by atoms with E-state index in [1.807, 2.05) is 30.3 Å². The first kappa shape index (κ1) is 21.7. The maximum absolute atomic E-state index is 12.3. The van der Waals surface area contributed by atoms with Gasteiger partial charge in [0.05, 0.1) is 0 Å². The third kappa shape index (κ3) is 5.92. The summed E-state index contributed by atoms with van der Waals surface area (Å²) >= 11 is 0. The van der Waals surface area contributed by atoms with Crippen molar-refractivity contribution >= 4 is 35.7 Å². The Bertz CT molecular complexity index is 1000. The molecule has 3 rings (SSSR count). The number of nitrogen functional groups attached to an aromatic ring is 1. The van der Waals surface area contributed by atoms with Crippen LogP contribution >= 0.6 is 12.4 Å². The van der Waals surface area contributed by atoms with Gasteiger partial charge in [0, 0.05) is 28.9 Å². The molecule has 2 amide bonds. The molecule has 148 valence electrons. The Hall–Kier alpha value is -3.64. The van der Waals surface area contributed by atoms with Gasteiger partial charge >= 0.3 is 0 Å². The van der Waals surface area contributed by atoms with E-state index >= 15 is 0 Å². The van der Waals surface area contributed by atoms with Gasteiger partial charge in [0.1, 0.15) is 5.84 Å². The van der Waals surface area contributed by atoms with E-state index in [4.69, 9.17) is 11.1 Å². The van der Waals surface area contributed by atoms with E-state index in [0.717, 1.165) is 5.56 Å².